The Bertz CT molecular complexity index is 978. The Morgan fingerprint density at radius 2 is 1.38 bits per heavy atom. The summed E-state index contributed by atoms with van der Waals surface area (Å²) < 4.78 is 0. The minimum absolute atomic E-state index is 0.0265. The summed E-state index contributed by atoms with van der Waals surface area (Å²) >= 11 is 0. The summed E-state index contributed by atoms with van der Waals surface area (Å²) in [5.41, 5.74) is 4.35. The van der Waals surface area contributed by atoms with Gasteiger partial charge < -0.3 is 10.2 Å². The van der Waals surface area contributed by atoms with Gasteiger partial charge in [0.2, 0.25) is 11.8 Å². The number of likely N-dealkylation sites (N-methyl/N-ethyl adjacent to an activating group) is 1. The number of carbonyl (C=O) groups excluding carboxylic acids is 2. The van der Waals surface area contributed by atoms with Crippen LogP contribution >= 0.6 is 0 Å². The summed E-state index contributed by atoms with van der Waals surface area (Å²) in [6, 6.07) is 27.7. The first-order valence-electron chi connectivity index (χ1n) is 11.2. The van der Waals surface area contributed by atoms with Crippen LogP contribution in [0.1, 0.15) is 47.9 Å². The molecule has 4 heteroatoms. The lowest BCUT2D eigenvalue weighted by Crippen LogP contribution is -2.48. The quantitative estimate of drug-likeness (QED) is 0.517. The van der Waals surface area contributed by atoms with Crippen LogP contribution in [0.2, 0.25) is 0 Å². The zero-order chi connectivity index (χ0) is 22.9. The molecule has 3 aromatic rings. The lowest BCUT2D eigenvalue weighted by molar-refractivity contribution is -0.141. The molecule has 0 aliphatic rings. The van der Waals surface area contributed by atoms with Crippen molar-refractivity contribution < 1.29 is 9.59 Å². The second-order valence-electron chi connectivity index (χ2n) is 8.06. The molecule has 1 atom stereocenters. The van der Waals surface area contributed by atoms with Crippen LogP contribution in [0, 0.1) is 6.92 Å². The van der Waals surface area contributed by atoms with Crippen LogP contribution in [-0.4, -0.2) is 29.8 Å². The van der Waals surface area contributed by atoms with E-state index in [1.54, 1.807) is 11.9 Å². The van der Waals surface area contributed by atoms with Crippen LogP contribution in [0.3, 0.4) is 0 Å². The summed E-state index contributed by atoms with van der Waals surface area (Å²) in [6.07, 6.45) is 0.853. The number of benzene rings is 3. The normalized spacial score (nSPS) is 11.8. The van der Waals surface area contributed by atoms with Gasteiger partial charge in [-0.2, -0.15) is 0 Å². The van der Waals surface area contributed by atoms with Gasteiger partial charge in [0, 0.05) is 25.9 Å². The third-order valence-electron chi connectivity index (χ3n) is 6.02. The van der Waals surface area contributed by atoms with Gasteiger partial charge in [-0.15, -0.1) is 0 Å². The highest BCUT2D eigenvalue weighted by molar-refractivity contribution is 5.88. The van der Waals surface area contributed by atoms with E-state index in [0.29, 0.717) is 19.4 Å². The van der Waals surface area contributed by atoms with Crippen LogP contribution in [0.25, 0.3) is 0 Å². The summed E-state index contributed by atoms with van der Waals surface area (Å²) in [7, 11) is 1.62. The molecule has 3 rings (SSSR count). The largest absolute Gasteiger partial charge is 0.357 e. The SMILES string of the molecule is CCC(C(=O)NC)N(Cc1ccccc1C)C(=O)CC(c1ccccc1)c1ccccc1. The number of rotatable bonds is 9. The minimum Gasteiger partial charge on any atom is -0.357 e. The zero-order valence-electron chi connectivity index (χ0n) is 19.1. The third-order valence-corrected chi connectivity index (χ3v) is 6.02. The lowest BCUT2D eigenvalue weighted by atomic mass is 9.88. The summed E-state index contributed by atoms with van der Waals surface area (Å²) in [5, 5.41) is 2.74. The smallest absolute Gasteiger partial charge is 0.242 e. The van der Waals surface area contributed by atoms with E-state index in [0.717, 1.165) is 22.3 Å². The van der Waals surface area contributed by atoms with Gasteiger partial charge in [0.05, 0.1) is 0 Å². The molecule has 0 bridgehead atoms. The van der Waals surface area contributed by atoms with Crippen LogP contribution < -0.4 is 5.32 Å². The first-order chi connectivity index (χ1) is 15.5. The molecule has 4 nitrogen and oxygen atoms in total. The molecule has 0 aliphatic heterocycles. The molecule has 0 saturated heterocycles. The Kier molecular flexibility index (Phi) is 8.20. The van der Waals surface area contributed by atoms with Gasteiger partial charge >= 0.3 is 0 Å². The molecule has 2 amide bonds. The van der Waals surface area contributed by atoms with Crippen molar-refractivity contribution >= 4 is 11.8 Å². The van der Waals surface area contributed by atoms with Crippen LogP contribution in [0.15, 0.2) is 84.9 Å². The van der Waals surface area contributed by atoms with Crippen molar-refractivity contribution in [2.75, 3.05) is 7.05 Å². The zero-order valence-corrected chi connectivity index (χ0v) is 19.1. The minimum atomic E-state index is -0.515. The summed E-state index contributed by atoms with van der Waals surface area (Å²) in [4.78, 5) is 28.2. The molecule has 0 fully saturated rings. The van der Waals surface area contributed by atoms with Crippen molar-refractivity contribution in [3.05, 3.63) is 107 Å². The maximum absolute atomic E-state index is 13.8. The van der Waals surface area contributed by atoms with Gasteiger partial charge in [-0.3, -0.25) is 9.59 Å². The molecule has 0 aliphatic carbocycles. The van der Waals surface area contributed by atoms with Gasteiger partial charge in [-0.1, -0.05) is 91.9 Å². The standard InChI is InChI=1S/C28H32N2O2/c1-4-26(28(32)29-3)30(20-24-18-12-11-13-21(24)2)27(31)19-25(22-14-7-5-8-15-22)23-16-9-6-10-17-23/h5-18,25-26H,4,19-20H2,1-3H3,(H,29,32). The van der Waals surface area contributed by atoms with E-state index in [9.17, 15) is 9.59 Å². The third kappa shape index (κ3) is 5.64. The Morgan fingerprint density at radius 1 is 0.844 bits per heavy atom. The number of aryl methyl sites for hydroxylation is 1. The predicted molar refractivity (Wildman–Crippen MR) is 129 cm³/mol. The lowest BCUT2D eigenvalue weighted by Gasteiger charge is -2.32. The molecule has 0 radical (unpaired) electrons. The Hall–Kier alpha value is -3.40. The summed E-state index contributed by atoms with van der Waals surface area (Å²) in [5.74, 6) is -0.238. The molecule has 0 aromatic heterocycles. The predicted octanol–water partition coefficient (Wildman–Crippen LogP) is 5.07. The molecular formula is C28H32N2O2. The molecular weight excluding hydrogens is 396 g/mol. The van der Waals surface area contributed by atoms with Crippen molar-refractivity contribution in [1.29, 1.82) is 0 Å². The van der Waals surface area contributed by atoms with Gasteiger partial charge in [-0.25, -0.2) is 0 Å². The van der Waals surface area contributed by atoms with E-state index in [-0.39, 0.29) is 17.7 Å². The van der Waals surface area contributed by atoms with E-state index in [1.165, 1.54) is 0 Å². The topological polar surface area (TPSA) is 49.4 Å². The molecule has 1 N–H and O–H groups in total. The van der Waals surface area contributed by atoms with E-state index in [1.807, 2.05) is 74.5 Å². The van der Waals surface area contributed by atoms with Crippen molar-refractivity contribution in [2.45, 2.75) is 45.2 Å². The fourth-order valence-electron chi connectivity index (χ4n) is 4.15. The highest BCUT2D eigenvalue weighted by Gasteiger charge is 2.30. The summed E-state index contributed by atoms with van der Waals surface area (Å²) in [6.45, 7) is 4.40. The molecule has 3 aromatic carbocycles. The number of nitrogens with zero attached hydrogens (tertiary/aromatic N) is 1. The van der Waals surface area contributed by atoms with Gasteiger partial charge in [0.1, 0.15) is 6.04 Å². The van der Waals surface area contributed by atoms with Crippen molar-refractivity contribution in [3.63, 3.8) is 0 Å². The van der Waals surface area contributed by atoms with Crippen LogP contribution in [-0.2, 0) is 16.1 Å². The Labute approximate surface area is 191 Å². The molecule has 0 heterocycles. The highest BCUT2D eigenvalue weighted by atomic mass is 16.2. The molecule has 0 saturated carbocycles. The maximum atomic E-state index is 13.8. The number of amides is 2. The monoisotopic (exact) mass is 428 g/mol. The molecule has 0 spiro atoms. The first-order valence-corrected chi connectivity index (χ1v) is 11.2. The van der Waals surface area contributed by atoms with E-state index in [4.69, 9.17) is 0 Å². The number of hydrogen-bond donors (Lipinski definition) is 1. The van der Waals surface area contributed by atoms with Gasteiger partial charge in [0.15, 0.2) is 0 Å². The number of nitrogens with one attached hydrogen (secondary N) is 1. The second-order valence-corrected chi connectivity index (χ2v) is 8.06. The van der Waals surface area contributed by atoms with Gasteiger partial charge in [-0.05, 0) is 35.6 Å². The van der Waals surface area contributed by atoms with Crippen molar-refractivity contribution in [2.24, 2.45) is 0 Å². The van der Waals surface area contributed by atoms with Crippen molar-refractivity contribution in [3.8, 4) is 0 Å². The average molecular weight is 429 g/mol. The van der Waals surface area contributed by atoms with Gasteiger partial charge in [0.25, 0.3) is 0 Å². The van der Waals surface area contributed by atoms with E-state index < -0.39 is 6.04 Å². The van der Waals surface area contributed by atoms with E-state index >= 15 is 0 Å². The Balaban J connectivity index is 1.96. The first kappa shape index (κ1) is 23.3. The fourth-order valence-corrected chi connectivity index (χ4v) is 4.15. The number of hydrogen-bond acceptors (Lipinski definition) is 2. The average Bonchev–Trinajstić information content (AvgIpc) is 2.84. The molecule has 1 unspecified atom stereocenters. The van der Waals surface area contributed by atoms with E-state index in [2.05, 4.69) is 29.6 Å². The highest BCUT2D eigenvalue weighted by Crippen LogP contribution is 2.29. The molecule has 166 valence electrons. The van der Waals surface area contributed by atoms with Crippen LogP contribution in [0.4, 0.5) is 0 Å². The molecule has 32 heavy (non-hydrogen) atoms. The van der Waals surface area contributed by atoms with Crippen LogP contribution in [0.5, 0.6) is 0 Å². The fraction of sp³-hybridized carbons (Fsp3) is 0.286. The Morgan fingerprint density at radius 3 is 1.88 bits per heavy atom. The number of carbonyl (C=O) groups is 2. The van der Waals surface area contributed by atoms with Crippen molar-refractivity contribution in [1.82, 2.24) is 10.2 Å². The second kappa shape index (κ2) is 11.3. The maximum Gasteiger partial charge on any atom is 0.242 e.